The van der Waals surface area contributed by atoms with Crippen LogP contribution in [0.5, 0.6) is 11.5 Å². The third-order valence-corrected chi connectivity index (χ3v) is 3.22. The zero-order chi connectivity index (χ0) is 16.2. The Bertz CT molecular complexity index is 813. The molecule has 0 saturated carbocycles. The number of rotatable bonds is 5. The molecule has 1 amide bonds. The van der Waals surface area contributed by atoms with Crippen LogP contribution < -0.4 is 14.8 Å². The smallest absolute Gasteiger partial charge is 0.291 e. The summed E-state index contributed by atoms with van der Waals surface area (Å²) in [5, 5.41) is 6.84. The van der Waals surface area contributed by atoms with Gasteiger partial charge < -0.3 is 14.8 Å². The lowest BCUT2D eigenvalue weighted by Gasteiger charge is -2.09. The molecule has 2 heterocycles. The molecule has 0 radical (unpaired) electrons. The Hall–Kier alpha value is -3.16. The Morgan fingerprint density at radius 3 is 2.83 bits per heavy atom. The molecule has 0 aliphatic carbocycles. The summed E-state index contributed by atoms with van der Waals surface area (Å²) in [6.07, 6.45) is 3.27. The first-order chi connectivity index (χ1) is 11.2. The number of nitrogens with one attached hydrogen (secondary N) is 1. The van der Waals surface area contributed by atoms with Gasteiger partial charge in [-0.3, -0.25) is 4.79 Å². The standard InChI is InChI=1S/C15H15N5O3/c1-22-11-5-4-10(8-12(11)23-2)9-17-14(21)13-18-15-16-6-3-7-20(15)19-13/h3-8H,9H2,1-2H3,(H,17,21). The van der Waals surface area contributed by atoms with E-state index in [9.17, 15) is 4.79 Å². The van der Waals surface area contributed by atoms with Gasteiger partial charge in [-0.15, -0.1) is 5.10 Å². The van der Waals surface area contributed by atoms with Gasteiger partial charge in [0.1, 0.15) is 0 Å². The molecule has 0 atom stereocenters. The van der Waals surface area contributed by atoms with Crippen LogP contribution in [0, 0.1) is 0 Å². The second-order valence-electron chi connectivity index (χ2n) is 4.67. The minimum Gasteiger partial charge on any atom is -0.493 e. The predicted molar refractivity (Wildman–Crippen MR) is 81.5 cm³/mol. The summed E-state index contributed by atoms with van der Waals surface area (Å²) in [4.78, 5) is 20.2. The summed E-state index contributed by atoms with van der Waals surface area (Å²) in [6.45, 7) is 0.322. The van der Waals surface area contributed by atoms with Gasteiger partial charge in [0.2, 0.25) is 5.82 Å². The normalized spacial score (nSPS) is 10.5. The van der Waals surface area contributed by atoms with Crippen molar-refractivity contribution in [2.45, 2.75) is 6.54 Å². The highest BCUT2D eigenvalue weighted by Gasteiger charge is 2.13. The van der Waals surface area contributed by atoms with Crippen LogP contribution in [0.3, 0.4) is 0 Å². The van der Waals surface area contributed by atoms with Crippen molar-refractivity contribution in [3.05, 3.63) is 48.0 Å². The molecule has 8 nitrogen and oxygen atoms in total. The molecule has 0 unspecified atom stereocenters. The van der Waals surface area contributed by atoms with Gasteiger partial charge in [-0.1, -0.05) is 6.07 Å². The highest BCUT2D eigenvalue weighted by atomic mass is 16.5. The van der Waals surface area contributed by atoms with Crippen molar-refractivity contribution >= 4 is 11.7 Å². The van der Waals surface area contributed by atoms with Crippen molar-refractivity contribution < 1.29 is 14.3 Å². The Kier molecular flexibility index (Phi) is 4.05. The molecule has 118 valence electrons. The van der Waals surface area contributed by atoms with Crippen LogP contribution in [-0.2, 0) is 6.54 Å². The van der Waals surface area contributed by atoms with Crippen molar-refractivity contribution in [2.24, 2.45) is 0 Å². The van der Waals surface area contributed by atoms with Gasteiger partial charge >= 0.3 is 0 Å². The number of methoxy groups -OCH3 is 2. The third kappa shape index (κ3) is 3.05. The number of carbonyl (C=O) groups excluding carboxylic acids is 1. The SMILES string of the molecule is COc1ccc(CNC(=O)c2nc3ncccn3n2)cc1OC. The molecule has 8 heteroatoms. The van der Waals surface area contributed by atoms with Crippen LogP contribution in [0.15, 0.2) is 36.7 Å². The molecular formula is C15H15N5O3. The maximum Gasteiger partial charge on any atom is 0.291 e. The number of fused-ring (bicyclic) bond motifs is 1. The maximum absolute atomic E-state index is 12.1. The van der Waals surface area contributed by atoms with E-state index in [1.165, 1.54) is 4.52 Å². The van der Waals surface area contributed by atoms with Gasteiger partial charge in [0.15, 0.2) is 11.5 Å². The van der Waals surface area contributed by atoms with Crippen LogP contribution in [0.1, 0.15) is 16.2 Å². The lowest BCUT2D eigenvalue weighted by Crippen LogP contribution is -2.24. The Morgan fingerprint density at radius 1 is 1.26 bits per heavy atom. The highest BCUT2D eigenvalue weighted by molar-refractivity contribution is 5.90. The minimum atomic E-state index is -0.370. The fourth-order valence-electron chi connectivity index (χ4n) is 2.08. The number of amides is 1. The lowest BCUT2D eigenvalue weighted by atomic mass is 10.2. The predicted octanol–water partition coefficient (Wildman–Crippen LogP) is 1.07. The molecule has 0 aliphatic heterocycles. The summed E-state index contributed by atoms with van der Waals surface area (Å²) in [6, 6.07) is 7.15. The zero-order valence-corrected chi connectivity index (χ0v) is 12.7. The summed E-state index contributed by atoms with van der Waals surface area (Å²) >= 11 is 0. The first kappa shape index (κ1) is 14.8. The molecule has 2 aromatic heterocycles. The number of carbonyl (C=O) groups is 1. The Morgan fingerprint density at radius 2 is 2.09 bits per heavy atom. The fourth-order valence-corrected chi connectivity index (χ4v) is 2.08. The highest BCUT2D eigenvalue weighted by Crippen LogP contribution is 2.27. The van der Waals surface area contributed by atoms with E-state index in [1.807, 2.05) is 6.07 Å². The van der Waals surface area contributed by atoms with Crippen molar-refractivity contribution in [1.82, 2.24) is 24.9 Å². The molecule has 23 heavy (non-hydrogen) atoms. The van der Waals surface area contributed by atoms with Gasteiger partial charge in [0.05, 0.1) is 14.2 Å². The van der Waals surface area contributed by atoms with Crippen molar-refractivity contribution in [1.29, 1.82) is 0 Å². The minimum absolute atomic E-state index is 0.0733. The van der Waals surface area contributed by atoms with Crippen LogP contribution >= 0.6 is 0 Å². The third-order valence-electron chi connectivity index (χ3n) is 3.22. The van der Waals surface area contributed by atoms with Crippen LogP contribution in [0.4, 0.5) is 0 Å². The number of aromatic nitrogens is 4. The average Bonchev–Trinajstić information content (AvgIpc) is 3.03. The topological polar surface area (TPSA) is 90.6 Å². The van der Waals surface area contributed by atoms with E-state index in [1.54, 1.807) is 44.8 Å². The molecule has 0 saturated heterocycles. The number of ether oxygens (including phenoxy) is 2. The molecule has 1 N–H and O–H groups in total. The molecular weight excluding hydrogens is 298 g/mol. The first-order valence-corrected chi connectivity index (χ1v) is 6.88. The summed E-state index contributed by atoms with van der Waals surface area (Å²) in [5.74, 6) is 1.32. The van der Waals surface area contributed by atoms with E-state index in [4.69, 9.17) is 9.47 Å². The summed E-state index contributed by atoms with van der Waals surface area (Å²) < 4.78 is 11.9. The Labute approximate surface area is 132 Å². The first-order valence-electron chi connectivity index (χ1n) is 6.88. The number of nitrogens with zero attached hydrogens (tertiary/aromatic N) is 4. The van der Waals surface area contributed by atoms with Gasteiger partial charge in [-0.05, 0) is 23.8 Å². The second kappa shape index (κ2) is 6.30. The fraction of sp³-hybridized carbons (Fsp3) is 0.200. The molecule has 3 aromatic rings. The van der Waals surface area contributed by atoms with Gasteiger partial charge in [0, 0.05) is 18.9 Å². The summed E-state index contributed by atoms with van der Waals surface area (Å²) in [7, 11) is 3.14. The van der Waals surface area contributed by atoms with E-state index in [2.05, 4.69) is 20.4 Å². The lowest BCUT2D eigenvalue weighted by molar-refractivity contribution is 0.0940. The molecule has 0 spiro atoms. The Balaban J connectivity index is 1.71. The molecule has 0 bridgehead atoms. The van der Waals surface area contributed by atoms with E-state index in [0.717, 1.165) is 5.56 Å². The van der Waals surface area contributed by atoms with Crippen molar-refractivity contribution in [3.8, 4) is 11.5 Å². The van der Waals surface area contributed by atoms with Crippen molar-refractivity contribution in [3.63, 3.8) is 0 Å². The van der Waals surface area contributed by atoms with E-state index in [0.29, 0.717) is 23.8 Å². The van der Waals surface area contributed by atoms with Gasteiger partial charge in [-0.25, -0.2) is 9.50 Å². The van der Waals surface area contributed by atoms with Gasteiger partial charge in [0.25, 0.3) is 11.7 Å². The van der Waals surface area contributed by atoms with Gasteiger partial charge in [-0.2, -0.15) is 4.98 Å². The number of hydrogen-bond acceptors (Lipinski definition) is 6. The average molecular weight is 313 g/mol. The van der Waals surface area contributed by atoms with Crippen LogP contribution in [-0.4, -0.2) is 39.7 Å². The van der Waals surface area contributed by atoms with Crippen LogP contribution in [0.25, 0.3) is 5.78 Å². The van der Waals surface area contributed by atoms with Crippen molar-refractivity contribution in [2.75, 3.05) is 14.2 Å². The van der Waals surface area contributed by atoms with E-state index in [-0.39, 0.29) is 11.7 Å². The largest absolute Gasteiger partial charge is 0.493 e. The quantitative estimate of drug-likeness (QED) is 0.758. The van der Waals surface area contributed by atoms with Crippen LogP contribution in [0.2, 0.25) is 0 Å². The van der Waals surface area contributed by atoms with E-state index < -0.39 is 0 Å². The number of benzene rings is 1. The molecule has 1 aromatic carbocycles. The second-order valence-corrected chi connectivity index (χ2v) is 4.67. The monoisotopic (exact) mass is 313 g/mol. The number of hydrogen-bond donors (Lipinski definition) is 1. The maximum atomic E-state index is 12.1. The van der Waals surface area contributed by atoms with E-state index >= 15 is 0 Å². The molecule has 0 fully saturated rings. The molecule has 3 rings (SSSR count). The molecule has 0 aliphatic rings. The summed E-state index contributed by atoms with van der Waals surface area (Å²) in [5.41, 5.74) is 0.873. The zero-order valence-electron chi connectivity index (χ0n) is 12.7.